The van der Waals surface area contributed by atoms with Gasteiger partial charge in [-0.3, -0.25) is 0 Å². The Kier molecular flexibility index (Phi) is 3.03. The molecule has 1 aliphatic carbocycles. The lowest BCUT2D eigenvalue weighted by molar-refractivity contribution is 0.714. The molecule has 1 rings (SSSR count). The normalized spacial score (nSPS) is 25.5. The molecule has 0 radical (unpaired) electrons. The Morgan fingerprint density at radius 3 is 2.64 bits per heavy atom. The van der Waals surface area contributed by atoms with Crippen molar-refractivity contribution in [3.05, 3.63) is 21.7 Å². The van der Waals surface area contributed by atoms with Gasteiger partial charge >= 0.3 is 0 Å². The third-order valence-electron chi connectivity index (χ3n) is 1.90. The highest BCUT2D eigenvalue weighted by Gasteiger charge is 2.15. The van der Waals surface area contributed by atoms with Crippen molar-refractivity contribution in [1.29, 1.82) is 0 Å². The van der Waals surface area contributed by atoms with Crippen LogP contribution in [0.1, 0.15) is 26.7 Å². The van der Waals surface area contributed by atoms with Crippen molar-refractivity contribution < 1.29 is 0 Å². The molecule has 0 aromatic heterocycles. The van der Waals surface area contributed by atoms with E-state index >= 15 is 0 Å². The van der Waals surface area contributed by atoms with Gasteiger partial charge in [-0.05, 0) is 24.3 Å². The maximum absolute atomic E-state index is 6.03. The molecule has 2 heteroatoms. The second-order valence-corrected chi connectivity index (χ2v) is 3.80. The number of allylic oxidation sites excluding steroid dienone is 4. The molecule has 1 atom stereocenters. The van der Waals surface area contributed by atoms with Crippen LogP contribution in [0.25, 0.3) is 0 Å². The van der Waals surface area contributed by atoms with Crippen LogP contribution < -0.4 is 0 Å². The summed E-state index contributed by atoms with van der Waals surface area (Å²) in [5.74, 6) is 0.491. The van der Waals surface area contributed by atoms with Crippen molar-refractivity contribution in [1.82, 2.24) is 0 Å². The van der Waals surface area contributed by atoms with Crippen molar-refractivity contribution >= 4 is 23.2 Å². The second-order valence-electron chi connectivity index (χ2n) is 2.93. The monoisotopic (exact) mass is 190 g/mol. The maximum Gasteiger partial charge on any atom is 0.0412 e. The fourth-order valence-corrected chi connectivity index (χ4v) is 2.30. The van der Waals surface area contributed by atoms with E-state index in [9.17, 15) is 0 Å². The molecule has 0 amide bonds. The predicted molar refractivity (Wildman–Crippen MR) is 50.9 cm³/mol. The topological polar surface area (TPSA) is 0 Å². The van der Waals surface area contributed by atoms with E-state index in [4.69, 9.17) is 23.2 Å². The molecule has 0 saturated carbocycles. The Labute approximate surface area is 77.9 Å². The van der Waals surface area contributed by atoms with Crippen LogP contribution >= 0.6 is 23.2 Å². The molecular weight excluding hydrogens is 179 g/mol. The van der Waals surface area contributed by atoms with Crippen molar-refractivity contribution in [2.75, 3.05) is 0 Å². The smallest absolute Gasteiger partial charge is 0.0412 e. The molecule has 0 heterocycles. The maximum atomic E-state index is 6.03. The number of hydrogen-bond acceptors (Lipinski definition) is 0. The van der Waals surface area contributed by atoms with Crippen LogP contribution in [0.5, 0.6) is 0 Å². The molecular formula is C9H12Cl2. The molecule has 1 unspecified atom stereocenters. The lowest BCUT2D eigenvalue weighted by Crippen LogP contribution is -2.00. The van der Waals surface area contributed by atoms with Gasteiger partial charge in [0.05, 0.1) is 0 Å². The van der Waals surface area contributed by atoms with Gasteiger partial charge in [0, 0.05) is 10.1 Å². The first kappa shape index (κ1) is 9.15. The summed E-state index contributed by atoms with van der Waals surface area (Å²) in [4.78, 5) is 0. The van der Waals surface area contributed by atoms with E-state index in [1.165, 1.54) is 0 Å². The van der Waals surface area contributed by atoms with Gasteiger partial charge in [-0.15, -0.1) is 0 Å². The van der Waals surface area contributed by atoms with Crippen molar-refractivity contribution in [2.24, 2.45) is 5.92 Å². The molecule has 0 nitrogen and oxygen atoms in total. The minimum atomic E-state index is 0.491. The molecule has 1 aliphatic rings. The van der Waals surface area contributed by atoms with Gasteiger partial charge in [0.25, 0.3) is 0 Å². The molecule has 0 saturated heterocycles. The van der Waals surface area contributed by atoms with E-state index in [2.05, 4.69) is 19.9 Å². The zero-order valence-corrected chi connectivity index (χ0v) is 8.34. The summed E-state index contributed by atoms with van der Waals surface area (Å²) in [6, 6.07) is 0. The van der Waals surface area contributed by atoms with Crippen LogP contribution in [0, 0.1) is 5.92 Å². The minimum absolute atomic E-state index is 0.491. The Morgan fingerprint density at radius 1 is 1.55 bits per heavy atom. The zero-order valence-electron chi connectivity index (χ0n) is 6.82. The van der Waals surface area contributed by atoms with Gasteiger partial charge in [0.1, 0.15) is 0 Å². The molecule has 0 spiro atoms. The largest absolute Gasteiger partial charge is 0.0888 e. The van der Waals surface area contributed by atoms with E-state index in [1.54, 1.807) is 0 Å². The van der Waals surface area contributed by atoms with Crippen LogP contribution in [0.4, 0.5) is 0 Å². The first-order valence-electron chi connectivity index (χ1n) is 3.90. The van der Waals surface area contributed by atoms with E-state index in [0.717, 1.165) is 28.5 Å². The Bertz CT molecular complexity index is 214. The fraction of sp³-hybridized carbons (Fsp3) is 0.556. The Hall–Kier alpha value is 0.0600. The third kappa shape index (κ3) is 2.00. The summed E-state index contributed by atoms with van der Waals surface area (Å²) in [6.45, 7) is 4.20. The Balaban J connectivity index is 2.90. The highest BCUT2D eigenvalue weighted by Crippen LogP contribution is 2.34. The number of halogens is 2. The summed E-state index contributed by atoms with van der Waals surface area (Å²) in [6.07, 6.45) is 3.95. The molecule has 11 heavy (non-hydrogen) atoms. The summed E-state index contributed by atoms with van der Waals surface area (Å²) >= 11 is 12.0. The molecule has 0 fully saturated rings. The van der Waals surface area contributed by atoms with Crippen molar-refractivity contribution in [3.8, 4) is 0 Å². The number of rotatable bonds is 1. The van der Waals surface area contributed by atoms with E-state index in [-0.39, 0.29) is 0 Å². The SMILES string of the molecule is CCC1=C(Cl)CC(C)C=C1Cl. The molecule has 0 aromatic rings. The van der Waals surface area contributed by atoms with Crippen LogP contribution in [-0.2, 0) is 0 Å². The van der Waals surface area contributed by atoms with Gasteiger partial charge in [-0.2, -0.15) is 0 Å². The first-order chi connectivity index (χ1) is 5.15. The van der Waals surface area contributed by atoms with Crippen LogP contribution in [-0.4, -0.2) is 0 Å². The minimum Gasteiger partial charge on any atom is -0.0888 e. The zero-order chi connectivity index (χ0) is 8.43. The van der Waals surface area contributed by atoms with Gasteiger partial charge in [0.2, 0.25) is 0 Å². The molecule has 0 N–H and O–H groups in total. The fourth-order valence-electron chi connectivity index (χ4n) is 1.31. The lowest BCUT2D eigenvalue weighted by atomic mass is 9.97. The van der Waals surface area contributed by atoms with E-state index in [0.29, 0.717) is 5.92 Å². The Morgan fingerprint density at radius 2 is 2.18 bits per heavy atom. The average molecular weight is 191 g/mol. The van der Waals surface area contributed by atoms with Crippen molar-refractivity contribution in [3.63, 3.8) is 0 Å². The van der Waals surface area contributed by atoms with E-state index in [1.807, 2.05) is 0 Å². The van der Waals surface area contributed by atoms with Gasteiger partial charge < -0.3 is 0 Å². The van der Waals surface area contributed by atoms with E-state index < -0.39 is 0 Å². The summed E-state index contributed by atoms with van der Waals surface area (Å²) in [5.41, 5.74) is 1.12. The van der Waals surface area contributed by atoms with Gasteiger partial charge in [0.15, 0.2) is 0 Å². The average Bonchev–Trinajstić information content (AvgIpc) is 1.85. The number of hydrogen-bond donors (Lipinski definition) is 0. The van der Waals surface area contributed by atoms with Crippen molar-refractivity contribution in [2.45, 2.75) is 26.7 Å². The molecule has 0 aliphatic heterocycles. The van der Waals surface area contributed by atoms with Gasteiger partial charge in [-0.25, -0.2) is 0 Å². The first-order valence-corrected chi connectivity index (χ1v) is 4.66. The summed E-state index contributed by atoms with van der Waals surface area (Å²) in [5, 5.41) is 1.78. The summed E-state index contributed by atoms with van der Waals surface area (Å²) < 4.78 is 0. The third-order valence-corrected chi connectivity index (χ3v) is 2.64. The molecule has 0 bridgehead atoms. The van der Waals surface area contributed by atoms with Crippen LogP contribution in [0.2, 0.25) is 0 Å². The van der Waals surface area contributed by atoms with Crippen LogP contribution in [0.3, 0.4) is 0 Å². The summed E-state index contributed by atoms with van der Waals surface area (Å²) in [7, 11) is 0. The van der Waals surface area contributed by atoms with Gasteiger partial charge in [-0.1, -0.05) is 43.1 Å². The highest BCUT2D eigenvalue weighted by atomic mass is 35.5. The second kappa shape index (κ2) is 3.64. The highest BCUT2D eigenvalue weighted by molar-refractivity contribution is 6.36. The molecule has 62 valence electrons. The van der Waals surface area contributed by atoms with Crippen LogP contribution in [0.15, 0.2) is 21.7 Å². The molecule has 0 aromatic carbocycles. The predicted octanol–water partition coefficient (Wildman–Crippen LogP) is 4.05. The quantitative estimate of drug-likeness (QED) is 0.586. The standard InChI is InChI=1S/C9H12Cl2/c1-3-7-8(10)4-6(2)5-9(7)11/h4,6H,3,5H2,1-2H3. The lowest BCUT2D eigenvalue weighted by Gasteiger charge is -2.17.